The van der Waals surface area contributed by atoms with E-state index in [-0.39, 0.29) is 11.6 Å². The van der Waals surface area contributed by atoms with E-state index in [9.17, 15) is 5.11 Å². The largest absolute Gasteiger partial charge is 0.507 e. The Bertz CT molecular complexity index is 359. The Morgan fingerprint density at radius 1 is 1.43 bits per heavy atom. The molecule has 1 aromatic carbocycles. The molecule has 1 rings (SSSR count). The predicted molar refractivity (Wildman–Crippen MR) is 54.7 cm³/mol. The normalized spacial score (nSPS) is 12.1. The molecule has 14 heavy (non-hydrogen) atoms. The third kappa shape index (κ3) is 1.96. The first-order valence-corrected chi connectivity index (χ1v) is 4.37. The van der Waals surface area contributed by atoms with Crippen molar-refractivity contribution in [3.05, 3.63) is 29.3 Å². The lowest BCUT2D eigenvalue weighted by atomic mass is 10.00. The summed E-state index contributed by atoms with van der Waals surface area (Å²) >= 11 is 0. The minimum absolute atomic E-state index is 0.0182. The van der Waals surface area contributed by atoms with Crippen LogP contribution in [0.1, 0.15) is 30.9 Å². The van der Waals surface area contributed by atoms with Crippen LogP contribution in [0.3, 0.4) is 0 Å². The maximum Gasteiger partial charge on any atom is 0.173 e. The molecule has 0 aromatic heterocycles. The second kappa shape index (κ2) is 4.00. The Morgan fingerprint density at radius 2 is 2.07 bits per heavy atom. The molecule has 76 valence electrons. The average Bonchev–Trinajstić information content (AvgIpc) is 2.17. The van der Waals surface area contributed by atoms with Crippen LogP contribution in [0.15, 0.2) is 23.4 Å². The highest BCUT2D eigenvalue weighted by Gasteiger charge is 2.08. The molecule has 0 heterocycles. The first-order valence-electron chi connectivity index (χ1n) is 4.37. The number of hydrogen-bond donors (Lipinski definition) is 3. The topological polar surface area (TPSA) is 78.8 Å². The van der Waals surface area contributed by atoms with Crippen LogP contribution in [0.4, 0.5) is 0 Å². The molecule has 0 unspecified atom stereocenters. The van der Waals surface area contributed by atoms with E-state index in [4.69, 9.17) is 10.9 Å². The molecule has 0 radical (unpaired) electrons. The van der Waals surface area contributed by atoms with Crippen LogP contribution in [0.2, 0.25) is 0 Å². The number of benzene rings is 1. The van der Waals surface area contributed by atoms with Crippen molar-refractivity contribution >= 4 is 5.84 Å². The first-order chi connectivity index (χ1) is 6.56. The van der Waals surface area contributed by atoms with Gasteiger partial charge in [0.05, 0.1) is 5.56 Å². The fraction of sp³-hybridized carbons (Fsp3) is 0.300. The third-order valence-corrected chi connectivity index (χ3v) is 2.07. The molecular weight excluding hydrogens is 180 g/mol. The first kappa shape index (κ1) is 10.4. The van der Waals surface area contributed by atoms with E-state index in [0.717, 1.165) is 5.56 Å². The molecular formula is C10H14N2O2. The van der Waals surface area contributed by atoms with Crippen molar-refractivity contribution in [1.82, 2.24) is 0 Å². The summed E-state index contributed by atoms with van der Waals surface area (Å²) in [4.78, 5) is 0. The van der Waals surface area contributed by atoms with E-state index in [0.29, 0.717) is 11.5 Å². The fourth-order valence-corrected chi connectivity index (χ4v) is 1.17. The zero-order valence-corrected chi connectivity index (χ0v) is 8.23. The zero-order chi connectivity index (χ0) is 10.7. The van der Waals surface area contributed by atoms with E-state index in [1.165, 1.54) is 0 Å². The van der Waals surface area contributed by atoms with Crippen LogP contribution in [0.5, 0.6) is 5.75 Å². The molecule has 4 nitrogen and oxygen atoms in total. The Hall–Kier alpha value is -1.71. The highest BCUT2D eigenvalue weighted by molar-refractivity contribution is 5.99. The third-order valence-electron chi connectivity index (χ3n) is 2.07. The van der Waals surface area contributed by atoms with E-state index >= 15 is 0 Å². The Morgan fingerprint density at radius 3 is 2.57 bits per heavy atom. The predicted octanol–water partition coefficient (Wildman–Crippen LogP) is 1.61. The number of nitrogens with two attached hydrogens (primary N) is 1. The smallest absolute Gasteiger partial charge is 0.173 e. The van der Waals surface area contributed by atoms with Gasteiger partial charge in [0.1, 0.15) is 5.75 Å². The average molecular weight is 194 g/mol. The minimum atomic E-state index is -0.0787. The van der Waals surface area contributed by atoms with Crippen LogP contribution in [0, 0.1) is 0 Å². The molecule has 0 atom stereocenters. The monoisotopic (exact) mass is 194 g/mol. The van der Waals surface area contributed by atoms with Gasteiger partial charge in [-0.15, -0.1) is 0 Å². The number of rotatable bonds is 2. The van der Waals surface area contributed by atoms with Crippen molar-refractivity contribution < 1.29 is 10.3 Å². The van der Waals surface area contributed by atoms with Gasteiger partial charge in [-0.25, -0.2) is 0 Å². The number of hydrogen-bond acceptors (Lipinski definition) is 3. The van der Waals surface area contributed by atoms with Crippen LogP contribution in [0.25, 0.3) is 0 Å². The molecule has 0 fully saturated rings. The van der Waals surface area contributed by atoms with Crippen molar-refractivity contribution in [2.75, 3.05) is 0 Å². The Balaban J connectivity index is 3.22. The van der Waals surface area contributed by atoms with Crippen molar-refractivity contribution in [3.8, 4) is 5.75 Å². The summed E-state index contributed by atoms with van der Waals surface area (Å²) in [6, 6.07) is 5.08. The van der Waals surface area contributed by atoms with Crippen LogP contribution >= 0.6 is 0 Å². The quantitative estimate of drug-likeness (QED) is 0.289. The van der Waals surface area contributed by atoms with Gasteiger partial charge in [0, 0.05) is 0 Å². The molecule has 0 bridgehead atoms. The highest BCUT2D eigenvalue weighted by Crippen LogP contribution is 2.22. The maximum atomic E-state index is 9.45. The summed E-state index contributed by atoms with van der Waals surface area (Å²) in [6.07, 6.45) is 0. The molecule has 0 spiro atoms. The van der Waals surface area contributed by atoms with E-state index < -0.39 is 0 Å². The Kier molecular flexibility index (Phi) is 2.96. The lowest BCUT2D eigenvalue weighted by Crippen LogP contribution is -2.13. The zero-order valence-electron chi connectivity index (χ0n) is 8.23. The van der Waals surface area contributed by atoms with Gasteiger partial charge in [-0.1, -0.05) is 25.1 Å². The molecule has 0 saturated heterocycles. The minimum Gasteiger partial charge on any atom is -0.507 e. The number of aromatic hydroxyl groups is 1. The molecule has 0 saturated carbocycles. The number of nitrogens with zero attached hydrogens (tertiary/aromatic N) is 1. The number of amidine groups is 1. The fourth-order valence-electron chi connectivity index (χ4n) is 1.17. The molecule has 4 N–H and O–H groups in total. The molecule has 0 aliphatic heterocycles. The molecule has 0 amide bonds. The van der Waals surface area contributed by atoms with Crippen LogP contribution in [-0.4, -0.2) is 16.1 Å². The lowest BCUT2D eigenvalue weighted by Gasteiger charge is -2.08. The summed E-state index contributed by atoms with van der Waals surface area (Å²) in [5.41, 5.74) is 6.80. The van der Waals surface area contributed by atoms with Gasteiger partial charge in [-0.3, -0.25) is 0 Å². The van der Waals surface area contributed by atoms with Gasteiger partial charge in [0.2, 0.25) is 0 Å². The summed E-state index contributed by atoms with van der Waals surface area (Å²) in [7, 11) is 0. The van der Waals surface area contributed by atoms with Gasteiger partial charge >= 0.3 is 0 Å². The van der Waals surface area contributed by atoms with Crippen molar-refractivity contribution in [1.29, 1.82) is 0 Å². The number of phenols is 1. The molecule has 1 aromatic rings. The van der Waals surface area contributed by atoms with Crippen molar-refractivity contribution in [2.45, 2.75) is 19.8 Å². The lowest BCUT2D eigenvalue weighted by molar-refractivity contribution is 0.318. The van der Waals surface area contributed by atoms with Gasteiger partial charge in [-0.05, 0) is 23.6 Å². The van der Waals surface area contributed by atoms with Gasteiger partial charge in [0.25, 0.3) is 0 Å². The standard InChI is InChI=1S/C10H14N2O2/c1-6(2)7-3-4-9(13)8(5-7)10(11)12-14/h3-6,13-14H,1-2H3,(H2,11,12). The maximum absolute atomic E-state index is 9.45. The number of oxime groups is 1. The molecule has 0 aliphatic carbocycles. The van der Waals surface area contributed by atoms with Crippen LogP contribution in [-0.2, 0) is 0 Å². The SMILES string of the molecule is CC(C)c1ccc(O)c(/C(N)=N\O)c1. The summed E-state index contributed by atoms with van der Waals surface area (Å²) < 4.78 is 0. The van der Waals surface area contributed by atoms with E-state index in [2.05, 4.69) is 5.16 Å². The van der Waals surface area contributed by atoms with Crippen molar-refractivity contribution in [2.24, 2.45) is 10.9 Å². The van der Waals surface area contributed by atoms with Gasteiger partial charge in [-0.2, -0.15) is 0 Å². The van der Waals surface area contributed by atoms with E-state index in [1.807, 2.05) is 19.9 Å². The highest BCUT2D eigenvalue weighted by atomic mass is 16.4. The van der Waals surface area contributed by atoms with E-state index in [1.54, 1.807) is 12.1 Å². The van der Waals surface area contributed by atoms with Gasteiger partial charge in [0.15, 0.2) is 5.84 Å². The molecule has 4 heteroatoms. The Labute approximate surface area is 82.7 Å². The van der Waals surface area contributed by atoms with Crippen LogP contribution < -0.4 is 5.73 Å². The van der Waals surface area contributed by atoms with Crippen molar-refractivity contribution in [3.63, 3.8) is 0 Å². The molecule has 0 aliphatic rings. The second-order valence-corrected chi connectivity index (χ2v) is 3.42. The number of phenolic OH excluding ortho intramolecular Hbond substituents is 1. The van der Waals surface area contributed by atoms with Gasteiger partial charge < -0.3 is 16.0 Å². The second-order valence-electron chi connectivity index (χ2n) is 3.42. The summed E-state index contributed by atoms with van der Waals surface area (Å²) in [5.74, 6) is 0.274. The summed E-state index contributed by atoms with van der Waals surface area (Å²) in [6.45, 7) is 4.06. The summed E-state index contributed by atoms with van der Waals surface area (Å²) in [5, 5.41) is 20.8.